The summed E-state index contributed by atoms with van der Waals surface area (Å²) >= 11 is 0. The maximum absolute atomic E-state index is 12.0. The Bertz CT molecular complexity index is 453. The van der Waals surface area contributed by atoms with Gasteiger partial charge in [0.25, 0.3) is 5.91 Å². The zero-order valence-electron chi connectivity index (χ0n) is 11.3. The number of hydrogen-bond donors (Lipinski definition) is 1. The fraction of sp³-hybridized carbons (Fsp3) is 0.643. The second-order valence-corrected chi connectivity index (χ2v) is 5.43. The number of morpholine rings is 1. The van der Waals surface area contributed by atoms with Crippen molar-refractivity contribution in [3.05, 3.63) is 24.0 Å². The quantitative estimate of drug-likeness (QED) is 0.866. The van der Waals surface area contributed by atoms with E-state index >= 15 is 0 Å². The number of aryl methyl sites for hydroxylation is 1. The van der Waals surface area contributed by atoms with E-state index in [1.807, 2.05) is 29.9 Å². The number of rotatable bonds is 4. The summed E-state index contributed by atoms with van der Waals surface area (Å²) in [7, 11) is 1.88. The molecule has 0 radical (unpaired) electrons. The molecule has 1 atom stereocenters. The average Bonchev–Trinajstić information content (AvgIpc) is 3.19. The van der Waals surface area contributed by atoms with Gasteiger partial charge in [0.15, 0.2) is 0 Å². The highest BCUT2D eigenvalue weighted by Crippen LogP contribution is 2.28. The highest BCUT2D eigenvalue weighted by Gasteiger charge is 2.32. The van der Waals surface area contributed by atoms with Crippen molar-refractivity contribution in [3.63, 3.8) is 0 Å². The summed E-state index contributed by atoms with van der Waals surface area (Å²) in [5, 5.41) is 2.96. The monoisotopic (exact) mass is 263 g/mol. The molecule has 1 aliphatic carbocycles. The standard InChI is InChI=1S/C14H21N3O2/c1-16-6-2-3-13(16)14(18)15-9-12-10-17(7-8-19-12)11-4-5-11/h2-3,6,11-12H,4-5,7-10H2,1H3,(H,15,18). The molecule has 1 aromatic heterocycles. The van der Waals surface area contributed by atoms with Crippen LogP contribution in [0.25, 0.3) is 0 Å². The minimum atomic E-state index is -0.0281. The Hall–Kier alpha value is -1.33. The second kappa shape index (κ2) is 5.35. The molecule has 1 saturated heterocycles. The predicted octanol–water partition coefficient (Wildman–Crippen LogP) is 0.618. The van der Waals surface area contributed by atoms with Gasteiger partial charge in [-0.1, -0.05) is 0 Å². The molecule has 1 aliphatic heterocycles. The van der Waals surface area contributed by atoms with Gasteiger partial charge >= 0.3 is 0 Å². The number of amides is 1. The molecular weight excluding hydrogens is 242 g/mol. The van der Waals surface area contributed by atoms with Crippen LogP contribution in [-0.2, 0) is 11.8 Å². The molecule has 2 aliphatic rings. The van der Waals surface area contributed by atoms with E-state index in [-0.39, 0.29) is 12.0 Å². The summed E-state index contributed by atoms with van der Waals surface area (Å²) in [6, 6.07) is 4.48. The van der Waals surface area contributed by atoms with E-state index in [9.17, 15) is 4.79 Å². The molecule has 0 aromatic carbocycles. The maximum Gasteiger partial charge on any atom is 0.267 e. The molecule has 0 spiro atoms. The third kappa shape index (κ3) is 2.98. The van der Waals surface area contributed by atoms with Gasteiger partial charge < -0.3 is 14.6 Å². The van der Waals surface area contributed by atoms with Crippen molar-refractivity contribution < 1.29 is 9.53 Å². The lowest BCUT2D eigenvalue weighted by Crippen LogP contribution is -2.48. The van der Waals surface area contributed by atoms with Gasteiger partial charge in [0.1, 0.15) is 5.69 Å². The van der Waals surface area contributed by atoms with Crippen LogP contribution >= 0.6 is 0 Å². The lowest BCUT2D eigenvalue weighted by molar-refractivity contribution is -0.0293. The Labute approximate surface area is 113 Å². The molecule has 5 nitrogen and oxygen atoms in total. The van der Waals surface area contributed by atoms with Crippen molar-refractivity contribution in [2.75, 3.05) is 26.2 Å². The molecule has 1 N–H and O–H groups in total. The van der Waals surface area contributed by atoms with Crippen LogP contribution in [0.1, 0.15) is 23.3 Å². The molecule has 2 fully saturated rings. The first-order valence-corrected chi connectivity index (χ1v) is 6.99. The summed E-state index contributed by atoms with van der Waals surface area (Å²) in [6.45, 7) is 3.35. The maximum atomic E-state index is 12.0. The Morgan fingerprint density at radius 1 is 1.53 bits per heavy atom. The van der Waals surface area contributed by atoms with Crippen molar-refractivity contribution in [1.82, 2.24) is 14.8 Å². The van der Waals surface area contributed by atoms with Gasteiger partial charge in [-0.2, -0.15) is 0 Å². The van der Waals surface area contributed by atoms with Crippen LogP contribution in [0.5, 0.6) is 0 Å². The number of aromatic nitrogens is 1. The van der Waals surface area contributed by atoms with E-state index in [1.54, 1.807) is 0 Å². The van der Waals surface area contributed by atoms with Gasteiger partial charge in [-0.15, -0.1) is 0 Å². The van der Waals surface area contributed by atoms with Gasteiger partial charge in [0.05, 0.1) is 12.7 Å². The Kier molecular flexibility index (Phi) is 3.57. The zero-order chi connectivity index (χ0) is 13.2. The minimum Gasteiger partial charge on any atom is -0.374 e. The van der Waals surface area contributed by atoms with Crippen LogP contribution in [0, 0.1) is 0 Å². The van der Waals surface area contributed by atoms with Gasteiger partial charge in [0, 0.05) is 38.9 Å². The summed E-state index contributed by atoms with van der Waals surface area (Å²) in [4.78, 5) is 14.5. The normalized spacial score (nSPS) is 24.4. The highest BCUT2D eigenvalue weighted by molar-refractivity contribution is 5.92. The van der Waals surface area contributed by atoms with Crippen molar-refractivity contribution >= 4 is 5.91 Å². The third-order valence-corrected chi connectivity index (χ3v) is 3.90. The molecule has 19 heavy (non-hydrogen) atoms. The van der Waals surface area contributed by atoms with Gasteiger partial charge in [-0.25, -0.2) is 0 Å². The summed E-state index contributed by atoms with van der Waals surface area (Å²) in [5.74, 6) is -0.0281. The van der Waals surface area contributed by atoms with E-state index < -0.39 is 0 Å². The Morgan fingerprint density at radius 3 is 3.05 bits per heavy atom. The summed E-state index contributed by atoms with van der Waals surface area (Å²) in [6.07, 6.45) is 4.64. The van der Waals surface area contributed by atoms with E-state index in [4.69, 9.17) is 4.74 Å². The first-order valence-electron chi connectivity index (χ1n) is 6.99. The van der Waals surface area contributed by atoms with Crippen molar-refractivity contribution in [3.8, 4) is 0 Å². The predicted molar refractivity (Wildman–Crippen MR) is 72.1 cm³/mol. The Balaban J connectivity index is 1.49. The Morgan fingerprint density at radius 2 is 2.37 bits per heavy atom. The number of carbonyl (C=O) groups is 1. The number of nitrogens with zero attached hydrogens (tertiary/aromatic N) is 2. The largest absolute Gasteiger partial charge is 0.374 e. The average molecular weight is 263 g/mol. The number of nitrogens with one attached hydrogen (secondary N) is 1. The van der Waals surface area contributed by atoms with E-state index in [2.05, 4.69) is 10.2 Å². The van der Waals surface area contributed by atoms with Crippen LogP contribution in [-0.4, -0.2) is 53.8 Å². The molecule has 1 aromatic rings. The molecule has 2 heterocycles. The smallest absolute Gasteiger partial charge is 0.267 e. The molecular formula is C14H21N3O2. The lowest BCUT2D eigenvalue weighted by atomic mass is 10.2. The molecule has 0 bridgehead atoms. The van der Waals surface area contributed by atoms with Crippen molar-refractivity contribution in [1.29, 1.82) is 0 Å². The van der Waals surface area contributed by atoms with Crippen LogP contribution in [0.2, 0.25) is 0 Å². The number of hydrogen-bond acceptors (Lipinski definition) is 3. The van der Waals surface area contributed by atoms with Gasteiger partial charge in [-0.05, 0) is 25.0 Å². The fourth-order valence-corrected chi connectivity index (χ4v) is 2.63. The fourth-order valence-electron chi connectivity index (χ4n) is 2.63. The first-order chi connectivity index (χ1) is 9.24. The SMILES string of the molecule is Cn1cccc1C(=O)NCC1CN(C2CC2)CCO1. The topological polar surface area (TPSA) is 46.5 Å². The van der Waals surface area contributed by atoms with Gasteiger partial charge in [-0.3, -0.25) is 9.69 Å². The number of ether oxygens (including phenoxy) is 1. The molecule has 1 amide bonds. The minimum absolute atomic E-state index is 0.0281. The van der Waals surface area contributed by atoms with E-state index in [0.717, 1.165) is 25.7 Å². The molecule has 1 unspecified atom stereocenters. The molecule has 104 valence electrons. The first kappa shape index (κ1) is 12.7. The van der Waals surface area contributed by atoms with Crippen LogP contribution in [0.15, 0.2) is 18.3 Å². The zero-order valence-corrected chi connectivity index (χ0v) is 11.3. The van der Waals surface area contributed by atoms with Crippen LogP contribution in [0.4, 0.5) is 0 Å². The second-order valence-electron chi connectivity index (χ2n) is 5.43. The molecule has 3 rings (SSSR count). The lowest BCUT2D eigenvalue weighted by Gasteiger charge is -2.33. The van der Waals surface area contributed by atoms with E-state index in [0.29, 0.717) is 12.2 Å². The van der Waals surface area contributed by atoms with Crippen LogP contribution < -0.4 is 5.32 Å². The molecule has 1 saturated carbocycles. The number of carbonyl (C=O) groups excluding carboxylic acids is 1. The van der Waals surface area contributed by atoms with Gasteiger partial charge in [0.2, 0.25) is 0 Å². The third-order valence-electron chi connectivity index (χ3n) is 3.90. The summed E-state index contributed by atoms with van der Waals surface area (Å²) in [5.41, 5.74) is 0.690. The highest BCUT2D eigenvalue weighted by atomic mass is 16.5. The summed E-state index contributed by atoms with van der Waals surface area (Å²) < 4.78 is 7.55. The van der Waals surface area contributed by atoms with Crippen LogP contribution in [0.3, 0.4) is 0 Å². The van der Waals surface area contributed by atoms with Crippen molar-refractivity contribution in [2.24, 2.45) is 7.05 Å². The molecule has 5 heteroatoms. The van der Waals surface area contributed by atoms with Crippen molar-refractivity contribution in [2.45, 2.75) is 25.0 Å². The van der Waals surface area contributed by atoms with E-state index in [1.165, 1.54) is 12.8 Å².